The first kappa shape index (κ1) is 22.1. The van der Waals surface area contributed by atoms with E-state index in [0.717, 1.165) is 18.4 Å². The molecule has 1 aromatic rings. The number of hydrogen-bond acceptors (Lipinski definition) is 5. The van der Waals surface area contributed by atoms with Crippen LogP contribution in [0.2, 0.25) is 0 Å². The molecule has 0 aliphatic carbocycles. The fourth-order valence-corrected chi connectivity index (χ4v) is 3.08. The zero-order valence-corrected chi connectivity index (χ0v) is 16.0. The van der Waals surface area contributed by atoms with E-state index >= 15 is 0 Å². The van der Waals surface area contributed by atoms with Crippen LogP contribution in [0, 0.1) is 0 Å². The quantitative estimate of drug-likeness (QED) is 0.707. The molecule has 0 radical (unpaired) electrons. The standard InChI is InChI=1S/C18H26N2O5.ClH/c1-24-15-7-6-13(11-16(15)25-2)8-9-19-17(21)12-20-10-4-3-5-14(20)18(22)23;/h6-7,11,14H,3-5,8-10,12H2,1-2H3,(H,19,21)(H,22,23);1H. The van der Waals surface area contributed by atoms with Crippen LogP contribution >= 0.6 is 12.4 Å². The third-order valence-corrected chi connectivity index (χ3v) is 4.43. The van der Waals surface area contributed by atoms with Crippen LogP contribution in [0.1, 0.15) is 24.8 Å². The van der Waals surface area contributed by atoms with Crippen molar-refractivity contribution in [1.29, 1.82) is 0 Å². The maximum absolute atomic E-state index is 12.1. The van der Waals surface area contributed by atoms with E-state index in [4.69, 9.17) is 9.47 Å². The van der Waals surface area contributed by atoms with Crippen LogP contribution in [0.25, 0.3) is 0 Å². The van der Waals surface area contributed by atoms with Gasteiger partial charge in [0.25, 0.3) is 0 Å². The van der Waals surface area contributed by atoms with E-state index in [0.29, 0.717) is 37.4 Å². The first-order valence-electron chi connectivity index (χ1n) is 8.49. The number of halogens is 1. The molecule has 1 saturated heterocycles. The van der Waals surface area contributed by atoms with E-state index in [2.05, 4.69) is 5.32 Å². The molecule has 0 spiro atoms. The number of carboxylic acid groups (broad SMARTS) is 1. The highest BCUT2D eigenvalue weighted by Gasteiger charge is 2.29. The molecule has 2 rings (SSSR count). The molecule has 0 aromatic heterocycles. The Morgan fingerprint density at radius 3 is 2.62 bits per heavy atom. The van der Waals surface area contributed by atoms with Crippen molar-refractivity contribution in [2.75, 3.05) is 33.9 Å². The summed E-state index contributed by atoms with van der Waals surface area (Å²) in [6.45, 7) is 1.27. The first-order chi connectivity index (χ1) is 12.0. The van der Waals surface area contributed by atoms with E-state index in [1.54, 1.807) is 19.1 Å². The highest BCUT2D eigenvalue weighted by atomic mass is 35.5. The van der Waals surface area contributed by atoms with E-state index < -0.39 is 12.0 Å². The number of methoxy groups -OCH3 is 2. The van der Waals surface area contributed by atoms with Crippen molar-refractivity contribution < 1.29 is 24.2 Å². The summed E-state index contributed by atoms with van der Waals surface area (Å²) < 4.78 is 10.5. The molecule has 0 saturated carbocycles. The van der Waals surface area contributed by atoms with Crippen molar-refractivity contribution in [2.24, 2.45) is 0 Å². The summed E-state index contributed by atoms with van der Waals surface area (Å²) in [5.74, 6) is 0.329. The minimum atomic E-state index is -0.849. The normalized spacial score (nSPS) is 17.1. The molecule has 1 aliphatic heterocycles. The summed E-state index contributed by atoms with van der Waals surface area (Å²) in [4.78, 5) is 25.1. The number of nitrogens with one attached hydrogen (secondary N) is 1. The summed E-state index contributed by atoms with van der Waals surface area (Å²) in [6, 6.07) is 5.10. The molecule has 1 atom stereocenters. The van der Waals surface area contributed by atoms with Crippen molar-refractivity contribution in [3.8, 4) is 11.5 Å². The largest absolute Gasteiger partial charge is 0.493 e. The van der Waals surface area contributed by atoms with Gasteiger partial charge in [-0.1, -0.05) is 12.5 Å². The van der Waals surface area contributed by atoms with E-state index in [-0.39, 0.29) is 24.9 Å². The number of piperidine rings is 1. The predicted octanol–water partition coefficient (Wildman–Crippen LogP) is 1.72. The minimum absolute atomic E-state index is 0. The van der Waals surface area contributed by atoms with Crippen LogP contribution in [0.3, 0.4) is 0 Å². The zero-order valence-electron chi connectivity index (χ0n) is 15.2. The third-order valence-electron chi connectivity index (χ3n) is 4.43. The number of carboxylic acids is 1. The third kappa shape index (κ3) is 6.07. The smallest absolute Gasteiger partial charge is 0.320 e. The second kappa shape index (κ2) is 10.9. The summed E-state index contributed by atoms with van der Waals surface area (Å²) in [5.41, 5.74) is 1.03. The molecule has 146 valence electrons. The summed E-state index contributed by atoms with van der Waals surface area (Å²) >= 11 is 0. The van der Waals surface area contributed by atoms with Gasteiger partial charge in [-0.15, -0.1) is 12.4 Å². The second-order valence-electron chi connectivity index (χ2n) is 6.11. The van der Waals surface area contributed by atoms with Crippen LogP contribution in [-0.2, 0) is 16.0 Å². The average molecular weight is 387 g/mol. The van der Waals surface area contributed by atoms with Crippen LogP contribution in [0.4, 0.5) is 0 Å². The van der Waals surface area contributed by atoms with Gasteiger partial charge in [0.05, 0.1) is 20.8 Å². The van der Waals surface area contributed by atoms with E-state index in [9.17, 15) is 14.7 Å². The molecule has 0 bridgehead atoms. The van der Waals surface area contributed by atoms with Gasteiger partial charge in [0.2, 0.25) is 5.91 Å². The van der Waals surface area contributed by atoms with Gasteiger partial charge >= 0.3 is 5.97 Å². The first-order valence-corrected chi connectivity index (χ1v) is 8.49. The van der Waals surface area contributed by atoms with Crippen LogP contribution in [0.15, 0.2) is 18.2 Å². The number of carbonyl (C=O) groups is 2. The summed E-state index contributed by atoms with van der Waals surface area (Å²) in [6.07, 6.45) is 3.10. The number of amides is 1. The molecule has 8 heteroatoms. The molecule has 1 aromatic carbocycles. The summed E-state index contributed by atoms with van der Waals surface area (Å²) in [7, 11) is 3.17. The molecule has 1 unspecified atom stereocenters. The maximum atomic E-state index is 12.1. The van der Waals surface area contributed by atoms with E-state index in [1.807, 2.05) is 18.2 Å². The lowest BCUT2D eigenvalue weighted by Gasteiger charge is -2.32. The second-order valence-corrected chi connectivity index (χ2v) is 6.11. The number of hydrogen-bond donors (Lipinski definition) is 2. The molecule has 1 fully saturated rings. The molecular formula is C18H27ClN2O5. The Bertz CT molecular complexity index is 611. The molecular weight excluding hydrogens is 360 g/mol. The number of likely N-dealkylation sites (tertiary alicyclic amines) is 1. The number of ether oxygens (including phenoxy) is 2. The zero-order chi connectivity index (χ0) is 18.2. The molecule has 1 amide bonds. The fraction of sp³-hybridized carbons (Fsp3) is 0.556. The Balaban J connectivity index is 0.00000338. The number of aliphatic carboxylic acids is 1. The lowest BCUT2D eigenvalue weighted by Crippen LogP contribution is -2.49. The number of carbonyl (C=O) groups excluding carboxylic acids is 1. The number of nitrogens with zero attached hydrogens (tertiary/aromatic N) is 1. The monoisotopic (exact) mass is 386 g/mol. The number of benzene rings is 1. The van der Waals surface area contributed by atoms with Gasteiger partial charge in [-0.3, -0.25) is 14.5 Å². The van der Waals surface area contributed by atoms with Crippen molar-refractivity contribution >= 4 is 24.3 Å². The SMILES string of the molecule is COc1ccc(CCNC(=O)CN2CCCCC2C(=O)O)cc1OC.Cl. The molecule has 26 heavy (non-hydrogen) atoms. The Kier molecular flexibility index (Phi) is 9.23. The van der Waals surface area contributed by atoms with Crippen LogP contribution < -0.4 is 14.8 Å². The van der Waals surface area contributed by atoms with Gasteiger partial charge in [-0.2, -0.15) is 0 Å². The molecule has 1 aliphatic rings. The lowest BCUT2D eigenvalue weighted by atomic mass is 10.0. The topological polar surface area (TPSA) is 88.1 Å². The van der Waals surface area contributed by atoms with Gasteiger partial charge in [-0.05, 0) is 43.5 Å². The van der Waals surface area contributed by atoms with Gasteiger partial charge < -0.3 is 19.9 Å². The Labute approximate surface area is 160 Å². The Morgan fingerprint density at radius 2 is 1.96 bits per heavy atom. The van der Waals surface area contributed by atoms with Crippen LogP contribution in [0.5, 0.6) is 11.5 Å². The van der Waals surface area contributed by atoms with Crippen molar-refractivity contribution in [1.82, 2.24) is 10.2 Å². The van der Waals surface area contributed by atoms with Gasteiger partial charge in [-0.25, -0.2) is 0 Å². The van der Waals surface area contributed by atoms with Crippen molar-refractivity contribution in [2.45, 2.75) is 31.7 Å². The Morgan fingerprint density at radius 1 is 1.23 bits per heavy atom. The lowest BCUT2D eigenvalue weighted by molar-refractivity contribution is -0.145. The molecule has 1 heterocycles. The van der Waals surface area contributed by atoms with Gasteiger partial charge in [0.15, 0.2) is 11.5 Å². The minimum Gasteiger partial charge on any atom is -0.493 e. The highest BCUT2D eigenvalue weighted by molar-refractivity contribution is 5.85. The van der Waals surface area contributed by atoms with Gasteiger partial charge in [0.1, 0.15) is 6.04 Å². The van der Waals surface area contributed by atoms with Crippen molar-refractivity contribution in [3.05, 3.63) is 23.8 Å². The Hall–Kier alpha value is -1.99. The number of rotatable bonds is 8. The predicted molar refractivity (Wildman–Crippen MR) is 100 cm³/mol. The average Bonchev–Trinajstić information content (AvgIpc) is 2.61. The fourth-order valence-electron chi connectivity index (χ4n) is 3.08. The maximum Gasteiger partial charge on any atom is 0.320 e. The van der Waals surface area contributed by atoms with Crippen molar-refractivity contribution in [3.63, 3.8) is 0 Å². The molecule has 7 nitrogen and oxygen atoms in total. The van der Waals surface area contributed by atoms with Gasteiger partial charge in [0, 0.05) is 6.54 Å². The van der Waals surface area contributed by atoms with E-state index in [1.165, 1.54) is 0 Å². The van der Waals surface area contributed by atoms with Crippen LogP contribution in [-0.4, -0.2) is 61.8 Å². The molecule has 2 N–H and O–H groups in total. The highest BCUT2D eigenvalue weighted by Crippen LogP contribution is 2.27. The summed E-state index contributed by atoms with van der Waals surface area (Å²) in [5, 5.41) is 12.1.